The Hall–Kier alpha value is -1.29. The lowest BCUT2D eigenvalue weighted by atomic mass is 10.0. The van der Waals surface area contributed by atoms with Crippen molar-refractivity contribution in [1.29, 1.82) is 0 Å². The van der Waals surface area contributed by atoms with E-state index in [9.17, 15) is 19.0 Å². The number of carbonyl (C=O) groups excluding carboxylic acids is 1. The van der Waals surface area contributed by atoms with E-state index in [0.717, 1.165) is 44.9 Å². The van der Waals surface area contributed by atoms with Crippen LogP contribution in [-0.4, -0.2) is 60.5 Å². The molecule has 0 heterocycles. The summed E-state index contributed by atoms with van der Waals surface area (Å²) in [6.07, 6.45) is 36.8. The van der Waals surface area contributed by atoms with E-state index in [4.69, 9.17) is 29.4 Å². The average Bonchev–Trinajstić information content (AvgIpc) is 3.10. The number of carboxylic acid groups (broad SMARTS) is 1. The van der Waals surface area contributed by atoms with Crippen LogP contribution in [0.2, 0.25) is 0 Å². The van der Waals surface area contributed by atoms with Crippen molar-refractivity contribution in [3.8, 4) is 0 Å². The van der Waals surface area contributed by atoms with Crippen LogP contribution in [0.5, 0.6) is 0 Å². The molecule has 0 bridgehead atoms. The van der Waals surface area contributed by atoms with E-state index in [-0.39, 0.29) is 13.0 Å². The topological polar surface area (TPSA) is 155 Å². The lowest BCUT2D eigenvalue weighted by Gasteiger charge is -2.20. The Bertz CT molecular complexity index is 873. The molecule has 0 saturated heterocycles. The van der Waals surface area contributed by atoms with Crippen molar-refractivity contribution >= 4 is 19.8 Å². The van der Waals surface area contributed by atoms with Gasteiger partial charge >= 0.3 is 19.8 Å². The maximum atomic E-state index is 12.6. The zero-order valence-corrected chi connectivity index (χ0v) is 33.6. The molecule has 0 aromatic carbocycles. The SMILES string of the molecule is CCCCC/C=C\CCCCCCCCOCC(COP(=O)(O)OCC(N)C(=O)O)OC(=O)CCCCCCCCCCCCCCCCCC. The van der Waals surface area contributed by atoms with E-state index in [1.165, 1.54) is 128 Å². The number of allylic oxidation sites excluding steroid dienone is 2. The molecule has 0 spiro atoms. The number of phosphoric acid groups is 1. The summed E-state index contributed by atoms with van der Waals surface area (Å²) >= 11 is 0. The molecule has 0 amide bonds. The molecule has 3 atom stereocenters. The number of esters is 1. The Labute approximate surface area is 312 Å². The lowest BCUT2D eigenvalue weighted by Crippen LogP contribution is -2.34. The minimum atomic E-state index is -4.61. The van der Waals surface area contributed by atoms with E-state index in [2.05, 4.69) is 26.0 Å². The molecule has 0 aliphatic carbocycles. The van der Waals surface area contributed by atoms with Crippen LogP contribution in [0.1, 0.15) is 194 Å². The average molecular weight is 748 g/mol. The maximum Gasteiger partial charge on any atom is 0.472 e. The van der Waals surface area contributed by atoms with Gasteiger partial charge in [0.1, 0.15) is 12.1 Å². The molecule has 0 aromatic heterocycles. The van der Waals surface area contributed by atoms with E-state index >= 15 is 0 Å². The summed E-state index contributed by atoms with van der Waals surface area (Å²) < 4.78 is 33.3. The van der Waals surface area contributed by atoms with Crippen LogP contribution in [0.15, 0.2) is 12.2 Å². The highest BCUT2D eigenvalue weighted by atomic mass is 31.2. The van der Waals surface area contributed by atoms with E-state index < -0.39 is 45.1 Å². The second-order valence-electron chi connectivity index (χ2n) is 14.1. The third kappa shape index (κ3) is 36.8. The predicted octanol–water partition coefficient (Wildman–Crippen LogP) is 11.0. The molecule has 0 aliphatic heterocycles. The first-order chi connectivity index (χ1) is 24.7. The van der Waals surface area contributed by atoms with Gasteiger partial charge < -0.3 is 25.2 Å². The Kier molecular flexibility index (Phi) is 36.1. The Morgan fingerprint density at radius 2 is 1.02 bits per heavy atom. The van der Waals surface area contributed by atoms with Crippen molar-refractivity contribution < 1.29 is 42.7 Å². The zero-order valence-electron chi connectivity index (χ0n) is 32.7. The predicted molar refractivity (Wildman–Crippen MR) is 208 cm³/mol. The number of rotatable bonds is 40. The Morgan fingerprint density at radius 3 is 1.53 bits per heavy atom. The van der Waals surface area contributed by atoms with Crippen molar-refractivity contribution in [2.45, 2.75) is 206 Å². The molecule has 51 heavy (non-hydrogen) atoms. The molecule has 0 fully saturated rings. The largest absolute Gasteiger partial charge is 0.480 e. The van der Waals surface area contributed by atoms with Gasteiger partial charge in [-0.1, -0.05) is 161 Å². The summed E-state index contributed by atoms with van der Waals surface area (Å²) in [4.78, 5) is 33.4. The molecule has 0 rings (SSSR count). The van der Waals surface area contributed by atoms with Crippen LogP contribution in [0, 0.1) is 0 Å². The normalized spacial score (nSPS) is 14.1. The van der Waals surface area contributed by atoms with Gasteiger partial charge in [-0.05, 0) is 38.5 Å². The summed E-state index contributed by atoms with van der Waals surface area (Å²) in [7, 11) is -4.61. The first kappa shape index (κ1) is 49.7. The Morgan fingerprint density at radius 1 is 0.608 bits per heavy atom. The fourth-order valence-electron chi connectivity index (χ4n) is 5.77. The summed E-state index contributed by atoms with van der Waals surface area (Å²) in [5.41, 5.74) is 5.34. The summed E-state index contributed by atoms with van der Waals surface area (Å²) in [6, 6.07) is -1.47. The van der Waals surface area contributed by atoms with Crippen LogP contribution >= 0.6 is 7.82 Å². The molecule has 0 aromatic rings. The Balaban J connectivity index is 4.24. The molecule has 4 N–H and O–H groups in total. The second-order valence-corrected chi connectivity index (χ2v) is 15.6. The van der Waals surface area contributed by atoms with E-state index in [1.54, 1.807) is 0 Å². The fraction of sp³-hybridized carbons (Fsp3) is 0.900. The first-order valence-electron chi connectivity index (χ1n) is 20.7. The van der Waals surface area contributed by atoms with Crippen molar-refractivity contribution in [1.82, 2.24) is 0 Å². The monoisotopic (exact) mass is 748 g/mol. The van der Waals surface area contributed by atoms with E-state index in [0.29, 0.717) is 6.61 Å². The molecule has 10 nitrogen and oxygen atoms in total. The number of hydrogen-bond donors (Lipinski definition) is 3. The quantitative estimate of drug-likeness (QED) is 0.0239. The number of unbranched alkanes of at least 4 members (excludes halogenated alkanes) is 24. The molecule has 0 saturated carbocycles. The minimum absolute atomic E-state index is 0.0178. The van der Waals surface area contributed by atoms with Crippen LogP contribution in [0.3, 0.4) is 0 Å². The number of phosphoric ester groups is 1. The highest BCUT2D eigenvalue weighted by Gasteiger charge is 2.27. The number of nitrogens with two attached hydrogens (primary N) is 1. The van der Waals surface area contributed by atoms with Gasteiger partial charge in [-0.15, -0.1) is 0 Å². The van der Waals surface area contributed by atoms with Crippen LogP contribution in [0.25, 0.3) is 0 Å². The maximum absolute atomic E-state index is 12.6. The van der Waals surface area contributed by atoms with Gasteiger partial charge in [-0.3, -0.25) is 18.6 Å². The zero-order chi connectivity index (χ0) is 37.7. The molecular weight excluding hydrogens is 669 g/mol. The van der Waals surface area contributed by atoms with Gasteiger partial charge in [0.15, 0.2) is 0 Å². The van der Waals surface area contributed by atoms with Crippen molar-refractivity contribution in [3.63, 3.8) is 0 Å². The standard InChI is InChI=1S/C40H78NO9P/c1-3-5-7-9-11-13-15-17-18-19-20-22-24-26-28-30-32-39(42)50-37(35-48-51(45,46)49-36-38(41)40(43)44)34-47-33-31-29-27-25-23-21-16-14-12-10-8-6-4-2/h12,14,37-38H,3-11,13,15-36,41H2,1-2H3,(H,43,44)(H,45,46)/b14-12-. The highest BCUT2D eigenvalue weighted by molar-refractivity contribution is 7.47. The molecular formula is C40H78NO9P. The number of ether oxygens (including phenoxy) is 2. The van der Waals surface area contributed by atoms with Gasteiger partial charge in [0, 0.05) is 13.0 Å². The van der Waals surface area contributed by atoms with Gasteiger partial charge in [-0.25, -0.2) is 4.57 Å². The number of carbonyl (C=O) groups is 2. The number of hydrogen-bond acceptors (Lipinski definition) is 8. The summed E-state index contributed by atoms with van der Waals surface area (Å²) in [5, 5.41) is 8.88. The summed E-state index contributed by atoms with van der Waals surface area (Å²) in [6.45, 7) is 3.86. The fourth-order valence-corrected chi connectivity index (χ4v) is 6.55. The summed E-state index contributed by atoms with van der Waals surface area (Å²) in [5.74, 6) is -1.77. The van der Waals surface area contributed by atoms with Crippen molar-refractivity contribution in [2.24, 2.45) is 5.73 Å². The lowest BCUT2D eigenvalue weighted by molar-refractivity contribution is -0.154. The number of carboxylic acids is 1. The van der Waals surface area contributed by atoms with Crippen LogP contribution in [-0.2, 0) is 32.7 Å². The van der Waals surface area contributed by atoms with Crippen molar-refractivity contribution in [2.75, 3.05) is 26.4 Å². The van der Waals surface area contributed by atoms with Gasteiger partial charge in [0.25, 0.3) is 0 Å². The second kappa shape index (κ2) is 37.0. The third-order valence-corrected chi connectivity index (χ3v) is 10.00. The van der Waals surface area contributed by atoms with Crippen LogP contribution in [0.4, 0.5) is 0 Å². The van der Waals surface area contributed by atoms with E-state index in [1.807, 2.05) is 0 Å². The number of aliphatic carboxylic acids is 1. The first-order valence-corrected chi connectivity index (χ1v) is 22.2. The molecule has 302 valence electrons. The van der Waals surface area contributed by atoms with Gasteiger partial charge in [0.2, 0.25) is 0 Å². The highest BCUT2D eigenvalue weighted by Crippen LogP contribution is 2.43. The smallest absolute Gasteiger partial charge is 0.472 e. The third-order valence-electron chi connectivity index (χ3n) is 9.04. The molecule has 11 heteroatoms. The van der Waals surface area contributed by atoms with Gasteiger partial charge in [0.05, 0.1) is 19.8 Å². The van der Waals surface area contributed by atoms with Crippen LogP contribution < -0.4 is 5.73 Å². The molecule has 0 aliphatic rings. The van der Waals surface area contributed by atoms with Crippen molar-refractivity contribution in [3.05, 3.63) is 12.2 Å². The minimum Gasteiger partial charge on any atom is -0.480 e. The molecule has 3 unspecified atom stereocenters. The van der Waals surface area contributed by atoms with Gasteiger partial charge in [-0.2, -0.15) is 0 Å². The molecule has 0 radical (unpaired) electrons.